The average Bonchev–Trinajstić information content (AvgIpc) is 2.42. The van der Waals surface area contributed by atoms with Gasteiger partial charge in [0.2, 0.25) is 0 Å². The monoisotopic (exact) mass is 350 g/mol. The third-order valence-corrected chi connectivity index (χ3v) is 3.78. The molecule has 0 heterocycles. The molecule has 0 radical (unpaired) electrons. The van der Waals surface area contributed by atoms with Crippen LogP contribution in [0.15, 0.2) is 12.2 Å². The van der Waals surface area contributed by atoms with E-state index in [4.69, 9.17) is 32.2 Å². The van der Waals surface area contributed by atoms with Crippen molar-refractivity contribution in [1.82, 2.24) is 0 Å². The number of aliphatic hydroxyl groups is 2. The zero-order valence-electron chi connectivity index (χ0n) is 10.8. The second kappa shape index (κ2) is 9.73. The summed E-state index contributed by atoms with van der Waals surface area (Å²) in [5.74, 6) is -1.33. The fourth-order valence-electron chi connectivity index (χ4n) is 0.713. The molecule has 20 heavy (non-hydrogen) atoms. The van der Waals surface area contributed by atoms with E-state index in [-0.39, 0.29) is 17.3 Å². The Morgan fingerprint density at radius 1 is 1.20 bits per heavy atom. The standard InChI is InChI=1S/C10H17Cl2O7P/c1-7(2)10(15)19-20(16,17-5-8(13)3-11)18-6-9(14)4-12/h8-9,13-14H,1,3-6H2,2H3. The van der Waals surface area contributed by atoms with Crippen LogP contribution in [0.4, 0.5) is 0 Å². The predicted octanol–water partition coefficient (Wildman–Crippen LogP) is 1.45. The Kier molecular flexibility index (Phi) is 9.67. The first kappa shape index (κ1) is 19.9. The van der Waals surface area contributed by atoms with Gasteiger partial charge >= 0.3 is 13.8 Å². The third-order valence-electron chi connectivity index (χ3n) is 1.75. The molecule has 2 N–H and O–H groups in total. The Morgan fingerprint density at radius 2 is 1.60 bits per heavy atom. The lowest BCUT2D eigenvalue weighted by Gasteiger charge is -2.19. The van der Waals surface area contributed by atoms with Gasteiger partial charge in [-0.15, -0.1) is 23.2 Å². The van der Waals surface area contributed by atoms with Crippen molar-refractivity contribution in [2.45, 2.75) is 19.1 Å². The Balaban J connectivity index is 4.70. The summed E-state index contributed by atoms with van der Waals surface area (Å²) in [7, 11) is -4.31. The number of rotatable bonds is 10. The van der Waals surface area contributed by atoms with E-state index in [2.05, 4.69) is 11.1 Å². The van der Waals surface area contributed by atoms with Gasteiger partial charge in [-0.1, -0.05) is 6.58 Å². The lowest BCUT2D eigenvalue weighted by Crippen LogP contribution is -2.21. The van der Waals surface area contributed by atoms with E-state index < -0.39 is 39.2 Å². The maximum Gasteiger partial charge on any atom is 0.532 e. The highest BCUT2D eigenvalue weighted by molar-refractivity contribution is 7.49. The number of halogens is 2. The fourth-order valence-corrected chi connectivity index (χ4v) is 2.14. The second-order valence-corrected chi connectivity index (χ2v) is 6.02. The van der Waals surface area contributed by atoms with Crippen molar-refractivity contribution in [3.8, 4) is 0 Å². The highest BCUT2D eigenvalue weighted by Gasteiger charge is 2.33. The largest absolute Gasteiger partial charge is 0.532 e. The van der Waals surface area contributed by atoms with Crippen LogP contribution < -0.4 is 0 Å². The zero-order chi connectivity index (χ0) is 15.8. The lowest BCUT2D eigenvalue weighted by atomic mass is 10.4. The van der Waals surface area contributed by atoms with Crippen LogP contribution in [0.5, 0.6) is 0 Å². The van der Waals surface area contributed by atoms with E-state index in [1.54, 1.807) is 0 Å². The van der Waals surface area contributed by atoms with E-state index in [1.807, 2.05) is 0 Å². The fraction of sp³-hybridized carbons (Fsp3) is 0.700. The molecule has 0 aliphatic carbocycles. The Bertz CT molecular complexity index is 359. The molecule has 0 aromatic rings. The molecule has 0 aliphatic heterocycles. The zero-order valence-corrected chi connectivity index (χ0v) is 13.2. The van der Waals surface area contributed by atoms with Crippen molar-refractivity contribution >= 4 is 37.0 Å². The molecule has 0 amide bonds. The minimum Gasteiger partial charge on any atom is -0.389 e. The molecule has 0 spiro atoms. The molecule has 0 saturated carbocycles. The van der Waals surface area contributed by atoms with Crippen molar-refractivity contribution in [1.29, 1.82) is 0 Å². The van der Waals surface area contributed by atoms with E-state index in [9.17, 15) is 19.6 Å². The van der Waals surface area contributed by atoms with Gasteiger partial charge in [-0.3, -0.25) is 9.05 Å². The molecule has 2 atom stereocenters. The summed E-state index contributed by atoms with van der Waals surface area (Å²) < 4.78 is 26.2. The van der Waals surface area contributed by atoms with Crippen molar-refractivity contribution < 1.29 is 33.1 Å². The summed E-state index contributed by atoms with van der Waals surface area (Å²) in [6, 6.07) is 0. The van der Waals surface area contributed by atoms with Crippen LogP contribution in [-0.2, 0) is 22.9 Å². The van der Waals surface area contributed by atoms with Crippen molar-refractivity contribution in [3.05, 3.63) is 12.2 Å². The SMILES string of the molecule is C=C(C)C(=O)OP(=O)(OCC(O)CCl)OCC(O)CCl. The van der Waals surface area contributed by atoms with Gasteiger partial charge in [-0.2, -0.15) is 0 Å². The number of phosphoric ester groups is 1. The summed E-state index contributed by atoms with van der Waals surface area (Å²) in [4.78, 5) is 11.4. The molecular formula is C10H17Cl2O7P. The average molecular weight is 351 g/mol. The molecule has 7 nitrogen and oxygen atoms in total. The maximum absolute atomic E-state index is 12.1. The molecule has 0 fully saturated rings. The van der Waals surface area contributed by atoms with E-state index in [1.165, 1.54) is 6.92 Å². The van der Waals surface area contributed by atoms with Crippen molar-refractivity contribution in [2.75, 3.05) is 25.0 Å². The maximum atomic E-state index is 12.1. The van der Waals surface area contributed by atoms with Gasteiger partial charge in [0.1, 0.15) is 0 Å². The van der Waals surface area contributed by atoms with Gasteiger partial charge < -0.3 is 14.7 Å². The van der Waals surface area contributed by atoms with Crippen LogP contribution in [0.2, 0.25) is 0 Å². The first-order chi connectivity index (χ1) is 9.24. The lowest BCUT2D eigenvalue weighted by molar-refractivity contribution is -0.132. The summed E-state index contributed by atoms with van der Waals surface area (Å²) in [6.45, 7) is 3.71. The number of carbonyl (C=O) groups is 1. The first-order valence-corrected chi connectivity index (χ1v) is 8.03. The minimum atomic E-state index is -4.31. The molecule has 0 aromatic heterocycles. The van der Waals surface area contributed by atoms with Crippen molar-refractivity contribution in [3.63, 3.8) is 0 Å². The summed E-state index contributed by atoms with van der Waals surface area (Å²) in [5, 5.41) is 18.5. The molecule has 0 aliphatic rings. The van der Waals surface area contributed by atoms with E-state index >= 15 is 0 Å². The van der Waals surface area contributed by atoms with Crippen LogP contribution in [0.25, 0.3) is 0 Å². The van der Waals surface area contributed by atoms with E-state index in [0.29, 0.717) is 0 Å². The quantitative estimate of drug-likeness (QED) is 0.349. The molecule has 0 saturated heterocycles. The molecule has 0 aromatic carbocycles. The minimum absolute atomic E-state index is 0.0202. The van der Waals surface area contributed by atoms with Crippen molar-refractivity contribution in [2.24, 2.45) is 0 Å². The highest BCUT2D eigenvalue weighted by Crippen LogP contribution is 2.50. The number of hydrogen-bond donors (Lipinski definition) is 2. The summed E-state index contributed by atoms with van der Waals surface area (Å²) in [6.07, 6.45) is -2.23. The number of carbonyl (C=O) groups excluding carboxylic acids is 1. The Hall–Kier alpha value is -0.140. The van der Waals surface area contributed by atoms with E-state index in [0.717, 1.165) is 0 Å². The van der Waals surface area contributed by atoms with Crippen LogP contribution in [0.3, 0.4) is 0 Å². The van der Waals surface area contributed by atoms with Crippen LogP contribution in [0, 0.1) is 0 Å². The molecule has 0 rings (SSSR count). The molecule has 0 bridgehead atoms. The normalized spacial score (nSPS) is 17.1. The van der Waals surface area contributed by atoms with Crippen LogP contribution >= 0.6 is 31.0 Å². The van der Waals surface area contributed by atoms with Gasteiger partial charge in [-0.05, 0) is 6.92 Å². The summed E-state index contributed by atoms with van der Waals surface area (Å²) in [5.41, 5.74) is -0.0202. The van der Waals surface area contributed by atoms with Gasteiger partial charge in [0.25, 0.3) is 0 Å². The van der Waals surface area contributed by atoms with Gasteiger partial charge in [0.15, 0.2) is 0 Å². The van der Waals surface area contributed by atoms with Crippen LogP contribution in [0.1, 0.15) is 6.92 Å². The van der Waals surface area contributed by atoms with Gasteiger partial charge in [0.05, 0.1) is 37.2 Å². The Morgan fingerprint density at radius 3 is 1.90 bits per heavy atom. The second-order valence-electron chi connectivity index (χ2n) is 3.81. The molecule has 2 unspecified atom stereocenters. The molecule has 10 heteroatoms. The summed E-state index contributed by atoms with van der Waals surface area (Å²) >= 11 is 10.7. The van der Waals surface area contributed by atoms with Gasteiger partial charge in [-0.25, -0.2) is 9.36 Å². The molecule has 118 valence electrons. The number of alkyl halides is 2. The molecular weight excluding hydrogens is 334 g/mol. The topological polar surface area (TPSA) is 102 Å². The number of aliphatic hydroxyl groups excluding tert-OH is 2. The smallest absolute Gasteiger partial charge is 0.389 e. The first-order valence-electron chi connectivity index (χ1n) is 5.50. The number of phosphoric acid groups is 1. The number of hydrogen-bond acceptors (Lipinski definition) is 7. The predicted molar refractivity (Wildman–Crippen MR) is 73.9 cm³/mol. The Labute approximate surface area is 127 Å². The third kappa shape index (κ3) is 8.21. The highest BCUT2D eigenvalue weighted by atomic mass is 35.5. The van der Waals surface area contributed by atoms with Crippen LogP contribution in [-0.4, -0.2) is 53.4 Å². The van der Waals surface area contributed by atoms with Gasteiger partial charge in [0, 0.05) is 5.57 Å².